The average molecular weight is 420 g/mol. The molecule has 0 fully saturated rings. The lowest BCUT2D eigenvalue weighted by molar-refractivity contribution is -0.143. The zero-order valence-corrected chi connectivity index (χ0v) is 17.0. The maximum Gasteiger partial charge on any atom is 0.326 e. The van der Waals surface area contributed by atoms with E-state index in [0.717, 1.165) is 0 Å². The standard InChI is InChI=1S/C16H29N5O6S/c1-4-7(2)12(16(26)27)21-13(23)8(3)19-15(25)10(5-11(18)22)20-14(24)9(17)6-28/h7-10,12,28H,4-6,17H2,1-3H3,(H2,18,22)(H,19,25)(H,20,24)(H,21,23)(H,26,27). The van der Waals surface area contributed by atoms with E-state index in [0.29, 0.717) is 6.42 Å². The zero-order valence-electron chi connectivity index (χ0n) is 16.1. The van der Waals surface area contributed by atoms with Gasteiger partial charge in [0.1, 0.15) is 18.1 Å². The van der Waals surface area contributed by atoms with Crippen molar-refractivity contribution in [1.29, 1.82) is 0 Å². The molecule has 0 spiro atoms. The van der Waals surface area contributed by atoms with E-state index in [2.05, 4.69) is 28.6 Å². The van der Waals surface area contributed by atoms with Gasteiger partial charge in [0, 0.05) is 5.75 Å². The van der Waals surface area contributed by atoms with Crippen molar-refractivity contribution in [2.75, 3.05) is 5.75 Å². The van der Waals surface area contributed by atoms with Crippen molar-refractivity contribution in [2.24, 2.45) is 17.4 Å². The largest absolute Gasteiger partial charge is 0.480 e. The first kappa shape index (κ1) is 25.7. The molecule has 0 aromatic carbocycles. The predicted molar refractivity (Wildman–Crippen MR) is 104 cm³/mol. The number of carbonyl (C=O) groups is 5. The lowest BCUT2D eigenvalue weighted by Crippen LogP contribution is -2.57. The Morgan fingerprint density at radius 1 is 1.00 bits per heavy atom. The Morgan fingerprint density at radius 2 is 1.57 bits per heavy atom. The molecule has 0 saturated carbocycles. The van der Waals surface area contributed by atoms with Crippen LogP contribution in [0.5, 0.6) is 0 Å². The number of carboxylic acids is 1. The fraction of sp³-hybridized carbons (Fsp3) is 0.688. The second-order valence-electron chi connectivity index (χ2n) is 6.46. The van der Waals surface area contributed by atoms with E-state index in [1.165, 1.54) is 6.92 Å². The Morgan fingerprint density at radius 3 is 2.00 bits per heavy atom. The number of thiol groups is 1. The van der Waals surface area contributed by atoms with Gasteiger partial charge >= 0.3 is 5.97 Å². The summed E-state index contributed by atoms with van der Waals surface area (Å²) in [5, 5.41) is 16.2. The van der Waals surface area contributed by atoms with E-state index in [4.69, 9.17) is 11.5 Å². The highest BCUT2D eigenvalue weighted by Crippen LogP contribution is 2.08. The van der Waals surface area contributed by atoms with Crippen LogP contribution < -0.4 is 27.4 Å². The second-order valence-corrected chi connectivity index (χ2v) is 6.83. The fourth-order valence-corrected chi connectivity index (χ4v) is 2.28. The summed E-state index contributed by atoms with van der Waals surface area (Å²) in [6.45, 7) is 4.79. The molecule has 5 atom stereocenters. The van der Waals surface area contributed by atoms with E-state index in [1.807, 2.05) is 0 Å². The van der Waals surface area contributed by atoms with E-state index >= 15 is 0 Å². The molecule has 160 valence electrons. The highest BCUT2D eigenvalue weighted by molar-refractivity contribution is 7.80. The third-order valence-electron chi connectivity index (χ3n) is 4.10. The number of hydrogen-bond acceptors (Lipinski definition) is 7. The number of carbonyl (C=O) groups excluding carboxylic acids is 4. The number of amides is 4. The minimum atomic E-state index is -1.34. The van der Waals surface area contributed by atoms with Crippen molar-refractivity contribution in [3.8, 4) is 0 Å². The highest BCUT2D eigenvalue weighted by atomic mass is 32.1. The van der Waals surface area contributed by atoms with Gasteiger partial charge in [0.05, 0.1) is 12.5 Å². The molecule has 4 amide bonds. The number of nitrogens with one attached hydrogen (secondary N) is 3. The normalized spacial score (nSPS) is 16.0. The van der Waals surface area contributed by atoms with Crippen molar-refractivity contribution < 1.29 is 29.1 Å². The molecule has 0 aliphatic rings. The Labute approximate surface area is 168 Å². The van der Waals surface area contributed by atoms with Crippen LogP contribution in [0, 0.1) is 5.92 Å². The van der Waals surface area contributed by atoms with Gasteiger partial charge in [-0.2, -0.15) is 12.6 Å². The van der Waals surface area contributed by atoms with Crippen LogP contribution in [0.15, 0.2) is 0 Å². The average Bonchev–Trinajstić information content (AvgIpc) is 2.62. The Hall–Kier alpha value is -2.34. The molecule has 0 saturated heterocycles. The number of primary amides is 1. The van der Waals surface area contributed by atoms with Gasteiger partial charge in [0.25, 0.3) is 0 Å². The number of aliphatic carboxylic acids is 1. The van der Waals surface area contributed by atoms with Gasteiger partial charge in [-0.05, 0) is 12.8 Å². The smallest absolute Gasteiger partial charge is 0.326 e. The van der Waals surface area contributed by atoms with Gasteiger partial charge in [0.2, 0.25) is 23.6 Å². The third-order valence-corrected chi connectivity index (χ3v) is 4.49. The maximum atomic E-state index is 12.4. The van der Waals surface area contributed by atoms with Crippen LogP contribution in [-0.2, 0) is 24.0 Å². The van der Waals surface area contributed by atoms with Crippen molar-refractivity contribution >= 4 is 42.2 Å². The van der Waals surface area contributed by atoms with Gasteiger partial charge in [-0.3, -0.25) is 19.2 Å². The maximum absolute atomic E-state index is 12.4. The summed E-state index contributed by atoms with van der Waals surface area (Å²) in [5.41, 5.74) is 10.6. The fourth-order valence-electron chi connectivity index (χ4n) is 2.11. The van der Waals surface area contributed by atoms with E-state index in [1.54, 1.807) is 13.8 Å². The lowest BCUT2D eigenvalue weighted by atomic mass is 9.99. The van der Waals surface area contributed by atoms with Crippen LogP contribution in [-0.4, -0.2) is 64.6 Å². The molecule has 11 nitrogen and oxygen atoms in total. The quantitative estimate of drug-likeness (QED) is 0.173. The predicted octanol–water partition coefficient (Wildman–Crippen LogP) is -2.28. The Bertz CT molecular complexity index is 602. The summed E-state index contributed by atoms with van der Waals surface area (Å²) < 4.78 is 0. The molecule has 0 aliphatic carbocycles. The van der Waals surface area contributed by atoms with E-state index in [9.17, 15) is 29.1 Å². The SMILES string of the molecule is CCC(C)C(NC(=O)C(C)NC(=O)C(CC(N)=O)NC(=O)C(N)CS)C(=O)O. The molecule has 0 aromatic rings. The summed E-state index contributed by atoms with van der Waals surface area (Å²) in [6, 6.07) is -4.58. The summed E-state index contributed by atoms with van der Waals surface area (Å²) >= 11 is 3.88. The Balaban J connectivity index is 5.07. The first-order valence-electron chi connectivity index (χ1n) is 8.73. The van der Waals surface area contributed by atoms with Crippen molar-refractivity contribution in [3.63, 3.8) is 0 Å². The number of nitrogens with two attached hydrogens (primary N) is 2. The number of rotatable bonds is 12. The molecule has 0 rings (SSSR count). The zero-order chi connectivity index (χ0) is 22.0. The Kier molecular flexibility index (Phi) is 11.2. The lowest BCUT2D eigenvalue weighted by Gasteiger charge is -2.24. The third kappa shape index (κ3) is 8.57. The summed E-state index contributed by atoms with van der Waals surface area (Å²) in [6.07, 6.45) is 0.0198. The summed E-state index contributed by atoms with van der Waals surface area (Å²) in [7, 11) is 0. The number of carboxylic acid groups (broad SMARTS) is 1. The molecular weight excluding hydrogens is 390 g/mol. The van der Waals surface area contributed by atoms with Gasteiger partial charge in [-0.15, -0.1) is 0 Å². The first-order valence-corrected chi connectivity index (χ1v) is 9.36. The first-order chi connectivity index (χ1) is 12.9. The van der Waals surface area contributed by atoms with Crippen LogP contribution in [0.25, 0.3) is 0 Å². The molecule has 8 N–H and O–H groups in total. The summed E-state index contributed by atoms with van der Waals surface area (Å²) in [5.74, 6) is -4.62. The van der Waals surface area contributed by atoms with E-state index in [-0.39, 0.29) is 11.7 Å². The molecule has 0 heterocycles. The molecule has 28 heavy (non-hydrogen) atoms. The second kappa shape index (κ2) is 12.2. The molecule has 12 heteroatoms. The molecule has 0 radical (unpaired) electrons. The van der Waals surface area contributed by atoms with Gasteiger partial charge in [0.15, 0.2) is 0 Å². The van der Waals surface area contributed by atoms with Gasteiger partial charge in [-0.1, -0.05) is 20.3 Å². The van der Waals surface area contributed by atoms with Gasteiger partial charge < -0.3 is 32.5 Å². The topological polar surface area (TPSA) is 194 Å². The highest BCUT2D eigenvalue weighted by Gasteiger charge is 2.30. The van der Waals surface area contributed by atoms with Crippen LogP contribution in [0.2, 0.25) is 0 Å². The van der Waals surface area contributed by atoms with Crippen LogP contribution >= 0.6 is 12.6 Å². The van der Waals surface area contributed by atoms with Crippen molar-refractivity contribution in [2.45, 2.75) is 57.8 Å². The van der Waals surface area contributed by atoms with Gasteiger partial charge in [-0.25, -0.2) is 4.79 Å². The minimum absolute atomic E-state index is 0.0156. The van der Waals surface area contributed by atoms with E-state index < -0.39 is 60.2 Å². The van der Waals surface area contributed by atoms with Crippen LogP contribution in [0.1, 0.15) is 33.6 Å². The molecule has 0 aromatic heterocycles. The molecular formula is C16H29N5O6S. The molecule has 0 aliphatic heterocycles. The number of hydrogen-bond donors (Lipinski definition) is 7. The van der Waals surface area contributed by atoms with Crippen molar-refractivity contribution in [1.82, 2.24) is 16.0 Å². The molecule has 0 bridgehead atoms. The minimum Gasteiger partial charge on any atom is -0.480 e. The van der Waals surface area contributed by atoms with Crippen LogP contribution in [0.3, 0.4) is 0 Å². The summed E-state index contributed by atoms with van der Waals surface area (Å²) in [4.78, 5) is 58.9. The van der Waals surface area contributed by atoms with Crippen molar-refractivity contribution in [3.05, 3.63) is 0 Å². The molecule has 5 unspecified atom stereocenters. The van der Waals surface area contributed by atoms with Crippen LogP contribution in [0.4, 0.5) is 0 Å². The monoisotopic (exact) mass is 419 g/mol.